The molecule has 4 aromatic rings. The van der Waals surface area contributed by atoms with Crippen LogP contribution >= 0.6 is 0 Å². The number of hydrogen-bond donors (Lipinski definition) is 1. The summed E-state index contributed by atoms with van der Waals surface area (Å²) in [7, 11) is 0. The zero-order chi connectivity index (χ0) is 18.5. The fourth-order valence-corrected chi connectivity index (χ4v) is 2.91. The molecular formula is C22H18N4O. The van der Waals surface area contributed by atoms with Crippen molar-refractivity contribution in [2.24, 2.45) is 0 Å². The molecule has 0 spiro atoms. The van der Waals surface area contributed by atoms with Crippen molar-refractivity contribution in [3.05, 3.63) is 96.3 Å². The lowest BCUT2D eigenvalue weighted by molar-refractivity contribution is -0.111. The van der Waals surface area contributed by atoms with Crippen molar-refractivity contribution >= 4 is 28.7 Å². The van der Waals surface area contributed by atoms with Gasteiger partial charge in [-0.25, -0.2) is 9.67 Å². The highest BCUT2D eigenvalue weighted by Gasteiger charge is 2.05. The van der Waals surface area contributed by atoms with Crippen molar-refractivity contribution in [3.8, 4) is 0 Å². The molecule has 1 N–H and O–H groups in total. The summed E-state index contributed by atoms with van der Waals surface area (Å²) in [6, 6.07) is 24.1. The maximum Gasteiger partial charge on any atom is 0.250 e. The van der Waals surface area contributed by atoms with E-state index in [2.05, 4.69) is 27.5 Å². The van der Waals surface area contributed by atoms with Gasteiger partial charge in [0.15, 0.2) is 0 Å². The van der Waals surface area contributed by atoms with Crippen LogP contribution < -0.4 is 5.32 Å². The van der Waals surface area contributed by atoms with Crippen LogP contribution in [0.1, 0.15) is 11.1 Å². The third kappa shape index (κ3) is 4.10. The first-order valence-electron chi connectivity index (χ1n) is 8.68. The number of benzene rings is 3. The summed E-state index contributed by atoms with van der Waals surface area (Å²) >= 11 is 0. The van der Waals surface area contributed by atoms with Crippen LogP contribution in [-0.4, -0.2) is 20.7 Å². The first kappa shape index (κ1) is 16.7. The zero-order valence-electron chi connectivity index (χ0n) is 14.6. The predicted octanol–water partition coefficient (Wildman–Crippen LogP) is 4.13. The van der Waals surface area contributed by atoms with Crippen molar-refractivity contribution in [3.63, 3.8) is 0 Å². The van der Waals surface area contributed by atoms with Gasteiger partial charge in [0.2, 0.25) is 5.95 Å². The van der Waals surface area contributed by atoms with Gasteiger partial charge in [0, 0.05) is 6.08 Å². The maximum atomic E-state index is 12.2. The zero-order valence-corrected chi connectivity index (χ0v) is 14.6. The lowest BCUT2D eigenvalue weighted by atomic mass is 10.0. The summed E-state index contributed by atoms with van der Waals surface area (Å²) in [4.78, 5) is 16.3. The molecule has 0 fully saturated rings. The Balaban J connectivity index is 1.43. The molecule has 1 heterocycles. The molecule has 1 aromatic heterocycles. The molecule has 5 nitrogen and oxygen atoms in total. The van der Waals surface area contributed by atoms with E-state index in [1.807, 2.05) is 60.7 Å². The molecule has 0 radical (unpaired) electrons. The van der Waals surface area contributed by atoms with Gasteiger partial charge in [0.05, 0.1) is 6.54 Å². The Bertz CT molecular complexity index is 1090. The second-order valence-electron chi connectivity index (χ2n) is 6.14. The second-order valence-corrected chi connectivity index (χ2v) is 6.14. The summed E-state index contributed by atoms with van der Waals surface area (Å²) in [5, 5.41) is 9.23. The van der Waals surface area contributed by atoms with E-state index in [9.17, 15) is 4.79 Å². The summed E-state index contributed by atoms with van der Waals surface area (Å²) in [6.45, 7) is 0.607. The van der Waals surface area contributed by atoms with Crippen LogP contribution in [0.2, 0.25) is 0 Å². The predicted molar refractivity (Wildman–Crippen MR) is 107 cm³/mol. The Labute approximate surface area is 157 Å². The van der Waals surface area contributed by atoms with Crippen molar-refractivity contribution in [2.45, 2.75) is 6.54 Å². The fourth-order valence-electron chi connectivity index (χ4n) is 2.91. The highest BCUT2D eigenvalue weighted by Crippen LogP contribution is 2.19. The highest BCUT2D eigenvalue weighted by atomic mass is 16.1. The molecule has 0 aliphatic rings. The highest BCUT2D eigenvalue weighted by molar-refractivity contribution is 6.02. The molecule has 5 heteroatoms. The molecule has 3 aromatic carbocycles. The largest absolute Gasteiger partial charge is 0.290 e. The standard InChI is InChI=1S/C22H18N4O/c27-21(14-13-19-11-6-10-18-9-4-5-12-20(18)19)24-22-23-16-26(25-22)15-17-7-2-1-3-8-17/h1-14,16H,15H2,(H,24,25,27)/b14-13+. The summed E-state index contributed by atoms with van der Waals surface area (Å²) in [5.41, 5.74) is 2.11. The number of hydrogen-bond acceptors (Lipinski definition) is 3. The minimum atomic E-state index is -0.264. The number of fused-ring (bicyclic) bond motifs is 1. The van der Waals surface area contributed by atoms with Crippen LogP contribution in [0, 0.1) is 0 Å². The van der Waals surface area contributed by atoms with E-state index in [1.165, 1.54) is 6.08 Å². The average molecular weight is 354 g/mol. The topological polar surface area (TPSA) is 59.8 Å². The van der Waals surface area contributed by atoms with Gasteiger partial charge in [0.1, 0.15) is 6.33 Å². The average Bonchev–Trinajstić information content (AvgIpc) is 3.13. The molecule has 0 saturated carbocycles. The quantitative estimate of drug-likeness (QED) is 0.548. The van der Waals surface area contributed by atoms with Gasteiger partial charge in [-0.2, -0.15) is 0 Å². The monoisotopic (exact) mass is 354 g/mol. The first-order chi connectivity index (χ1) is 13.3. The van der Waals surface area contributed by atoms with Crippen molar-refractivity contribution in [2.75, 3.05) is 5.32 Å². The fraction of sp³-hybridized carbons (Fsp3) is 0.0455. The van der Waals surface area contributed by atoms with Crippen LogP contribution in [-0.2, 0) is 11.3 Å². The van der Waals surface area contributed by atoms with E-state index >= 15 is 0 Å². The van der Waals surface area contributed by atoms with Gasteiger partial charge in [0.25, 0.3) is 5.91 Å². The third-order valence-electron chi connectivity index (χ3n) is 4.20. The number of carbonyl (C=O) groups is 1. The molecule has 0 bridgehead atoms. The minimum absolute atomic E-state index is 0.264. The molecule has 1 amide bonds. The van der Waals surface area contributed by atoms with Crippen molar-refractivity contribution in [1.82, 2.24) is 14.8 Å². The molecule has 27 heavy (non-hydrogen) atoms. The van der Waals surface area contributed by atoms with Crippen LogP contribution in [0.25, 0.3) is 16.8 Å². The Morgan fingerprint density at radius 1 is 0.963 bits per heavy atom. The Hall–Kier alpha value is -3.73. The van der Waals surface area contributed by atoms with Crippen LogP contribution in [0.4, 0.5) is 5.95 Å². The van der Waals surface area contributed by atoms with Gasteiger partial charge in [-0.1, -0.05) is 72.8 Å². The normalized spacial score (nSPS) is 11.1. The molecule has 0 aliphatic carbocycles. The Morgan fingerprint density at radius 2 is 1.74 bits per heavy atom. The number of rotatable bonds is 5. The number of anilines is 1. The van der Waals surface area contributed by atoms with Crippen LogP contribution in [0.5, 0.6) is 0 Å². The van der Waals surface area contributed by atoms with Gasteiger partial charge >= 0.3 is 0 Å². The molecule has 132 valence electrons. The van der Waals surface area contributed by atoms with Crippen molar-refractivity contribution < 1.29 is 4.79 Å². The van der Waals surface area contributed by atoms with E-state index in [4.69, 9.17) is 0 Å². The molecule has 0 unspecified atom stereocenters. The third-order valence-corrected chi connectivity index (χ3v) is 4.20. The maximum absolute atomic E-state index is 12.2. The van der Waals surface area contributed by atoms with E-state index < -0.39 is 0 Å². The number of carbonyl (C=O) groups excluding carboxylic acids is 1. The summed E-state index contributed by atoms with van der Waals surface area (Å²) < 4.78 is 1.69. The van der Waals surface area contributed by atoms with Crippen molar-refractivity contribution in [1.29, 1.82) is 0 Å². The number of nitrogens with one attached hydrogen (secondary N) is 1. The van der Waals surface area contributed by atoms with Gasteiger partial charge in [-0.15, -0.1) is 5.10 Å². The Kier molecular flexibility index (Phi) is 4.74. The molecule has 0 saturated heterocycles. The minimum Gasteiger partial charge on any atom is -0.290 e. The molecular weight excluding hydrogens is 336 g/mol. The van der Waals surface area contributed by atoms with Crippen LogP contribution in [0.3, 0.4) is 0 Å². The van der Waals surface area contributed by atoms with Gasteiger partial charge in [-0.3, -0.25) is 10.1 Å². The summed E-state index contributed by atoms with van der Waals surface area (Å²) in [6.07, 6.45) is 4.91. The number of amides is 1. The number of nitrogens with zero attached hydrogens (tertiary/aromatic N) is 3. The van der Waals surface area contributed by atoms with E-state index in [0.29, 0.717) is 12.5 Å². The smallest absolute Gasteiger partial charge is 0.250 e. The van der Waals surface area contributed by atoms with E-state index in [0.717, 1.165) is 21.9 Å². The summed E-state index contributed by atoms with van der Waals surface area (Å²) in [5.74, 6) is 0.0268. The molecule has 4 rings (SSSR count). The SMILES string of the molecule is O=C(/C=C/c1cccc2ccccc12)Nc1ncn(Cc2ccccc2)n1. The van der Waals surface area contributed by atoms with Gasteiger partial charge < -0.3 is 0 Å². The molecule has 0 aliphatic heterocycles. The first-order valence-corrected chi connectivity index (χ1v) is 8.68. The lowest BCUT2D eigenvalue weighted by Gasteiger charge is -2.02. The molecule has 0 atom stereocenters. The Morgan fingerprint density at radius 3 is 2.63 bits per heavy atom. The number of aromatic nitrogens is 3. The van der Waals surface area contributed by atoms with Crippen LogP contribution in [0.15, 0.2) is 85.2 Å². The second kappa shape index (κ2) is 7.66. The lowest BCUT2D eigenvalue weighted by Crippen LogP contribution is -2.10. The van der Waals surface area contributed by atoms with Gasteiger partial charge in [-0.05, 0) is 28.0 Å². The van der Waals surface area contributed by atoms with E-state index in [-0.39, 0.29) is 5.91 Å². The van der Waals surface area contributed by atoms with E-state index in [1.54, 1.807) is 17.1 Å².